The minimum atomic E-state index is 0.809. The summed E-state index contributed by atoms with van der Waals surface area (Å²) in [4.78, 5) is 2.39. The summed E-state index contributed by atoms with van der Waals surface area (Å²) in [5.41, 5.74) is 2.51. The number of fused-ring (bicyclic) bond motifs is 3. The first-order valence-electron chi connectivity index (χ1n) is 8.20. The largest absolute Gasteiger partial charge is 0.341 e. The molecule has 2 aliphatic heterocycles. The van der Waals surface area contributed by atoms with Crippen LogP contribution in [0.1, 0.15) is 37.6 Å². The third-order valence-electron chi connectivity index (χ3n) is 4.91. The average molecular weight is 317 g/mol. The summed E-state index contributed by atoms with van der Waals surface area (Å²) in [6, 6.07) is 6.18. The van der Waals surface area contributed by atoms with Crippen LogP contribution in [0.25, 0.3) is 5.69 Å². The molecule has 3 heterocycles. The molecule has 0 aliphatic carbocycles. The zero-order chi connectivity index (χ0) is 15.1. The molecule has 0 bridgehead atoms. The highest BCUT2D eigenvalue weighted by atomic mass is 35.5. The van der Waals surface area contributed by atoms with Crippen LogP contribution in [0.15, 0.2) is 18.2 Å². The standard InChI is InChI=1S/C17H21ClN4/c1-12-7-9-21(10-8-12)17-20-19-16-4-2-3-13-11-14(18)5-6-15(13)22(16)17/h5-6,11-12H,2-4,7-10H2,1H3. The van der Waals surface area contributed by atoms with Crippen LogP contribution >= 0.6 is 11.6 Å². The van der Waals surface area contributed by atoms with Crippen molar-refractivity contribution in [3.63, 3.8) is 0 Å². The molecule has 2 aromatic rings. The number of benzene rings is 1. The second-order valence-electron chi connectivity index (χ2n) is 6.55. The molecule has 0 N–H and O–H groups in total. The van der Waals surface area contributed by atoms with Crippen LogP contribution in [0.5, 0.6) is 0 Å². The first-order valence-corrected chi connectivity index (χ1v) is 8.58. The minimum absolute atomic E-state index is 0.809. The molecular formula is C17H21ClN4. The van der Waals surface area contributed by atoms with E-state index in [0.717, 1.165) is 55.1 Å². The highest BCUT2D eigenvalue weighted by molar-refractivity contribution is 6.30. The van der Waals surface area contributed by atoms with E-state index in [2.05, 4.69) is 38.7 Å². The molecule has 1 saturated heterocycles. The molecule has 1 aromatic carbocycles. The van der Waals surface area contributed by atoms with Gasteiger partial charge in [0.25, 0.3) is 0 Å². The lowest BCUT2D eigenvalue weighted by atomic mass is 10.00. The number of halogens is 1. The molecular weight excluding hydrogens is 296 g/mol. The van der Waals surface area contributed by atoms with E-state index in [-0.39, 0.29) is 0 Å². The maximum atomic E-state index is 6.18. The Hall–Kier alpha value is -1.55. The summed E-state index contributed by atoms with van der Waals surface area (Å²) in [7, 11) is 0. The molecule has 0 amide bonds. The van der Waals surface area contributed by atoms with Gasteiger partial charge in [-0.2, -0.15) is 0 Å². The van der Waals surface area contributed by atoms with Crippen LogP contribution in [0, 0.1) is 5.92 Å². The molecule has 4 nitrogen and oxygen atoms in total. The normalized spacial score (nSPS) is 18.7. The van der Waals surface area contributed by atoms with Gasteiger partial charge in [-0.1, -0.05) is 18.5 Å². The summed E-state index contributed by atoms with van der Waals surface area (Å²) < 4.78 is 2.26. The third kappa shape index (κ3) is 2.39. The zero-order valence-electron chi connectivity index (χ0n) is 12.9. The lowest BCUT2D eigenvalue weighted by Crippen LogP contribution is -2.34. The van der Waals surface area contributed by atoms with Crippen molar-refractivity contribution in [3.05, 3.63) is 34.6 Å². The van der Waals surface area contributed by atoms with Crippen molar-refractivity contribution in [1.29, 1.82) is 0 Å². The van der Waals surface area contributed by atoms with E-state index in [9.17, 15) is 0 Å². The fraction of sp³-hybridized carbons (Fsp3) is 0.529. The lowest BCUT2D eigenvalue weighted by molar-refractivity contribution is 0.433. The van der Waals surface area contributed by atoms with E-state index in [4.69, 9.17) is 11.6 Å². The molecule has 116 valence electrons. The van der Waals surface area contributed by atoms with Crippen molar-refractivity contribution in [2.24, 2.45) is 5.92 Å². The predicted octanol–water partition coefficient (Wildman–Crippen LogP) is 3.65. The molecule has 5 heteroatoms. The number of anilines is 1. The van der Waals surface area contributed by atoms with Gasteiger partial charge in [-0.05, 0) is 55.4 Å². The van der Waals surface area contributed by atoms with Gasteiger partial charge in [0.05, 0.1) is 5.69 Å². The molecule has 4 rings (SSSR count). The van der Waals surface area contributed by atoms with Gasteiger partial charge in [0.2, 0.25) is 5.95 Å². The topological polar surface area (TPSA) is 34.0 Å². The minimum Gasteiger partial charge on any atom is -0.341 e. The van der Waals surface area contributed by atoms with Crippen LogP contribution in [-0.4, -0.2) is 27.9 Å². The Bertz CT molecular complexity index is 686. The van der Waals surface area contributed by atoms with Crippen LogP contribution < -0.4 is 4.90 Å². The molecule has 0 spiro atoms. The lowest BCUT2D eigenvalue weighted by Gasteiger charge is -2.31. The summed E-state index contributed by atoms with van der Waals surface area (Å²) in [5.74, 6) is 2.90. The van der Waals surface area contributed by atoms with Crippen molar-refractivity contribution in [3.8, 4) is 5.69 Å². The van der Waals surface area contributed by atoms with E-state index in [1.165, 1.54) is 24.1 Å². The van der Waals surface area contributed by atoms with Gasteiger partial charge in [0, 0.05) is 24.5 Å². The van der Waals surface area contributed by atoms with Gasteiger partial charge < -0.3 is 4.90 Å². The van der Waals surface area contributed by atoms with Gasteiger partial charge in [0.15, 0.2) is 0 Å². The Balaban J connectivity index is 1.79. The maximum absolute atomic E-state index is 6.18. The predicted molar refractivity (Wildman–Crippen MR) is 89.0 cm³/mol. The zero-order valence-corrected chi connectivity index (χ0v) is 13.7. The molecule has 0 radical (unpaired) electrons. The summed E-state index contributed by atoms with van der Waals surface area (Å²) in [5, 5.41) is 9.79. The molecule has 0 unspecified atom stereocenters. The second kappa shape index (κ2) is 5.58. The fourth-order valence-corrected chi connectivity index (χ4v) is 3.73. The maximum Gasteiger partial charge on any atom is 0.231 e. The number of aromatic nitrogens is 3. The Labute approximate surface area is 136 Å². The molecule has 1 fully saturated rings. The quantitative estimate of drug-likeness (QED) is 0.805. The van der Waals surface area contributed by atoms with Gasteiger partial charge in [-0.25, -0.2) is 0 Å². The first kappa shape index (κ1) is 14.1. The van der Waals surface area contributed by atoms with Crippen LogP contribution in [0.4, 0.5) is 5.95 Å². The summed E-state index contributed by atoms with van der Waals surface area (Å²) >= 11 is 6.18. The third-order valence-corrected chi connectivity index (χ3v) is 5.14. The number of hydrogen-bond donors (Lipinski definition) is 0. The van der Waals surface area contributed by atoms with E-state index in [1.54, 1.807) is 0 Å². The van der Waals surface area contributed by atoms with E-state index in [0.29, 0.717) is 0 Å². The van der Waals surface area contributed by atoms with Gasteiger partial charge in [-0.3, -0.25) is 4.57 Å². The van der Waals surface area contributed by atoms with Crippen molar-refractivity contribution in [2.75, 3.05) is 18.0 Å². The SMILES string of the molecule is CC1CCN(c2nnc3n2-c2ccc(Cl)cc2CCC3)CC1. The highest BCUT2D eigenvalue weighted by Crippen LogP contribution is 2.31. The van der Waals surface area contributed by atoms with Crippen molar-refractivity contribution in [2.45, 2.75) is 39.0 Å². The van der Waals surface area contributed by atoms with E-state index >= 15 is 0 Å². The Morgan fingerprint density at radius 1 is 1.14 bits per heavy atom. The molecule has 2 aliphatic rings. The van der Waals surface area contributed by atoms with Crippen LogP contribution in [-0.2, 0) is 12.8 Å². The smallest absolute Gasteiger partial charge is 0.231 e. The molecule has 0 atom stereocenters. The summed E-state index contributed by atoms with van der Waals surface area (Å²) in [6.45, 7) is 4.48. The Morgan fingerprint density at radius 3 is 2.77 bits per heavy atom. The van der Waals surface area contributed by atoms with E-state index in [1.807, 2.05) is 6.07 Å². The number of aryl methyl sites for hydroxylation is 2. The number of piperidine rings is 1. The molecule has 22 heavy (non-hydrogen) atoms. The fourth-order valence-electron chi connectivity index (χ4n) is 3.54. The van der Waals surface area contributed by atoms with Crippen LogP contribution in [0.3, 0.4) is 0 Å². The number of nitrogens with zero attached hydrogens (tertiary/aromatic N) is 4. The molecule has 1 aromatic heterocycles. The molecule has 0 saturated carbocycles. The first-order chi connectivity index (χ1) is 10.7. The van der Waals surface area contributed by atoms with Crippen LogP contribution in [0.2, 0.25) is 5.02 Å². The Kier molecular flexibility index (Phi) is 3.57. The van der Waals surface area contributed by atoms with Gasteiger partial charge in [0.1, 0.15) is 5.82 Å². The number of hydrogen-bond acceptors (Lipinski definition) is 3. The second-order valence-corrected chi connectivity index (χ2v) is 6.98. The highest BCUT2D eigenvalue weighted by Gasteiger charge is 2.25. The summed E-state index contributed by atoms with van der Waals surface area (Å²) in [6.07, 6.45) is 5.59. The number of rotatable bonds is 1. The van der Waals surface area contributed by atoms with Crippen molar-refractivity contribution >= 4 is 17.5 Å². The van der Waals surface area contributed by atoms with Gasteiger partial charge >= 0.3 is 0 Å². The monoisotopic (exact) mass is 316 g/mol. The Morgan fingerprint density at radius 2 is 1.95 bits per heavy atom. The van der Waals surface area contributed by atoms with Gasteiger partial charge in [-0.15, -0.1) is 10.2 Å². The van der Waals surface area contributed by atoms with Crippen molar-refractivity contribution < 1.29 is 0 Å². The van der Waals surface area contributed by atoms with E-state index < -0.39 is 0 Å². The average Bonchev–Trinajstić information content (AvgIpc) is 2.84. The van der Waals surface area contributed by atoms with Crippen molar-refractivity contribution in [1.82, 2.24) is 14.8 Å².